The van der Waals surface area contributed by atoms with Crippen LogP contribution in [0.15, 0.2) is 48.5 Å². The number of carbonyl (C=O) groups is 1. The van der Waals surface area contributed by atoms with Gasteiger partial charge in [0.2, 0.25) is 0 Å². The Morgan fingerprint density at radius 1 is 1.31 bits per heavy atom. The number of hydrogen-bond donors (Lipinski definition) is 1. The molecule has 0 aliphatic rings. The number of halogens is 1. The lowest BCUT2D eigenvalue weighted by Gasteiger charge is -2.09. The van der Waals surface area contributed by atoms with Gasteiger partial charge in [0.25, 0.3) is 5.91 Å². The van der Waals surface area contributed by atoms with Gasteiger partial charge in [-0.05, 0) is 13.0 Å². The molecule has 0 radical (unpaired) electrons. The smallest absolute Gasteiger partial charge is 0.261 e. The Hall–Kier alpha value is -2.97. The molecule has 0 aliphatic heterocycles. The molecular weight excluding hydrogens is 374 g/mol. The van der Waals surface area contributed by atoms with Crippen LogP contribution in [0.1, 0.15) is 16.1 Å². The predicted molar refractivity (Wildman–Crippen MR) is 99.3 cm³/mol. The van der Waals surface area contributed by atoms with Crippen molar-refractivity contribution in [2.75, 3.05) is 5.32 Å². The molecule has 4 aromatic heterocycles. The highest BCUT2D eigenvalue weighted by atomic mass is 35.5. The first kappa shape index (κ1) is 16.5. The van der Waals surface area contributed by atoms with Crippen molar-refractivity contribution in [2.24, 2.45) is 0 Å². The summed E-state index contributed by atoms with van der Waals surface area (Å²) in [6, 6.07) is 3.27. The van der Waals surface area contributed by atoms with Crippen molar-refractivity contribution in [3.05, 3.63) is 64.8 Å². The number of nitrogens with zero attached hydrogens (tertiary/aromatic N) is 4. The van der Waals surface area contributed by atoms with E-state index in [9.17, 15) is 4.79 Å². The van der Waals surface area contributed by atoms with E-state index in [1.54, 1.807) is 41.3 Å². The molecule has 0 spiro atoms. The number of aryl methyl sites for hydroxylation is 1. The number of imidazole rings is 1. The number of carbonyl (C=O) groups excluding carboxylic acids is 1. The van der Waals surface area contributed by atoms with Crippen molar-refractivity contribution < 1.29 is 9.53 Å². The fraction of sp³-hybridized carbons (Fsp3) is 0.0588. The normalized spacial score (nSPS) is 10.8. The third-order valence-electron chi connectivity index (χ3n) is 3.46. The van der Waals surface area contributed by atoms with Gasteiger partial charge in [-0.15, -0.1) is 11.3 Å². The molecule has 0 saturated carbocycles. The Morgan fingerprint density at radius 2 is 2.19 bits per heavy atom. The van der Waals surface area contributed by atoms with E-state index < -0.39 is 0 Å². The fourth-order valence-electron chi connectivity index (χ4n) is 2.39. The van der Waals surface area contributed by atoms with Crippen LogP contribution in [0.3, 0.4) is 0 Å². The molecule has 0 aromatic carbocycles. The largest absolute Gasteiger partial charge is 0.454 e. The Kier molecular flexibility index (Phi) is 4.27. The molecule has 0 atom stereocenters. The number of pyridine rings is 2. The van der Waals surface area contributed by atoms with Crippen LogP contribution in [0.25, 0.3) is 5.65 Å². The molecule has 4 rings (SSSR count). The number of ether oxygens (including phenoxy) is 1. The second kappa shape index (κ2) is 6.74. The molecule has 7 nitrogen and oxygen atoms in total. The molecule has 0 bridgehead atoms. The molecule has 4 aromatic rings. The lowest BCUT2D eigenvalue weighted by atomic mass is 10.2. The van der Waals surface area contributed by atoms with Crippen LogP contribution in [0, 0.1) is 6.92 Å². The summed E-state index contributed by atoms with van der Waals surface area (Å²) in [4.78, 5) is 25.2. The van der Waals surface area contributed by atoms with Gasteiger partial charge in [0, 0.05) is 30.0 Å². The lowest BCUT2D eigenvalue weighted by Crippen LogP contribution is -2.13. The summed E-state index contributed by atoms with van der Waals surface area (Å²) in [6.45, 7) is 1.87. The summed E-state index contributed by atoms with van der Waals surface area (Å²) < 4.78 is 7.51. The minimum atomic E-state index is -0.315. The van der Waals surface area contributed by atoms with Crippen LogP contribution < -0.4 is 10.1 Å². The van der Waals surface area contributed by atoms with Gasteiger partial charge >= 0.3 is 0 Å². The predicted octanol–water partition coefficient (Wildman–Crippen LogP) is 4.19. The van der Waals surface area contributed by atoms with Crippen LogP contribution in [-0.2, 0) is 0 Å². The van der Waals surface area contributed by atoms with E-state index in [4.69, 9.17) is 16.3 Å². The monoisotopic (exact) mass is 385 g/mol. The summed E-state index contributed by atoms with van der Waals surface area (Å²) >= 11 is 7.30. The summed E-state index contributed by atoms with van der Waals surface area (Å²) in [5.41, 5.74) is 1.74. The van der Waals surface area contributed by atoms with Crippen molar-refractivity contribution in [3.8, 4) is 11.5 Å². The highest BCUT2D eigenvalue weighted by Gasteiger charge is 2.16. The molecule has 0 fully saturated rings. The van der Waals surface area contributed by atoms with E-state index >= 15 is 0 Å². The fourth-order valence-corrected chi connectivity index (χ4v) is 3.24. The van der Waals surface area contributed by atoms with Gasteiger partial charge in [-0.3, -0.25) is 15.1 Å². The van der Waals surface area contributed by atoms with Gasteiger partial charge in [-0.2, -0.15) is 0 Å². The van der Waals surface area contributed by atoms with Gasteiger partial charge in [-0.25, -0.2) is 9.97 Å². The van der Waals surface area contributed by atoms with Crippen LogP contribution in [-0.4, -0.2) is 25.3 Å². The number of rotatable bonds is 4. The number of amides is 1. The maximum absolute atomic E-state index is 12.7. The van der Waals surface area contributed by atoms with E-state index in [1.165, 1.54) is 17.5 Å². The Bertz CT molecular complexity index is 1110. The van der Waals surface area contributed by atoms with Crippen molar-refractivity contribution >= 4 is 39.6 Å². The molecule has 26 heavy (non-hydrogen) atoms. The average Bonchev–Trinajstić information content (AvgIpc) is 3.23. The van der Waals surface area contributed by atoms with Crippen LogP contribution in [0.5, 0.6) is 11.5 Å². The summed E-state index contributed by atoms with van der Waals surface area (Å²) in [5, 5.41) is 5.65. The first-order valence-corrected chi connectivity index (χ1v) is 8.83. The van der Waals surface area contributed by atoms with E-state index in [0.29, 0.717) is 32.9 Å². The lowest BCUT2D eigenvalue weighted by molar-refractivity contribution is 0.102. The van der Waals surface area contributed by atoms with Crippen molar-refractivity contribution in [2.45, 2.75) is 6.92 Å². The Balaban J connectivity index is 1.69. The zero-order chi connectivity index (χ0) is 18.1. The summed E-state index contributed by atoms with van der Waals surface area (Å²) in [7, 11) is 0. The number of hydrogen-bond acceptors (Lipinski definition) is 6. The number of nitrogens with one attached hydrogen (secondary N) is 1. The van der Waals surface area contributed by atoms with Crippen LogP contribution in [0.2, 0.25) is 5.02 Å². The van der Waals surface area contributed by atoms with Gasteiger partial charge in [0.05, 0.1) is 28.7 Å². The van der Waals surface area contributed by atoms with E-state index in [-0.39, 0.29) is 5.91 Å². The van der Waals surface area contributed by atoms with Crippen LogP contribution >= 0.6 is 22.9 Å². The van der Waals surface area contributed by atoms with Crippen molar-refractivity contribution in [1.29, 1.82) is 0 Å². The Labute approximate surface area is 157 Å². The SMILES string of the molecule is Cc1csc(NC(=O)c2cc(Oc3cncc(Cl)c3)cn3ccnc23)n1. The molecule has 1 N–H and O–H groups in total. The maximum Gasteiger partial charge on any atom is 0.261 e. The van der Waals surface area contributed by atoms with E-state index in [1.807, 2.05) is 12.3 Å². The van der Waals surface area contributed by atoms with Gasteiger partial charge in [0.15, 0.2) is 5.13 Å². The number of thiazole rings is 1. The third kappa shape index (κ3) is 3.37. The second-order valence-corrected chi connectivity index (χ2v) is 6.73. The highest BCUT2D eigenvalue weighted by Crippen LogP contribution is 2.26. The quantitative estimate of drug-likeness (QED) is 0.569. The van der Waals surface area contributed by atoms with Gasteiger partial charge < -0.3 is 9.14 Å². The number of fused-ring (bicyclic) bond motifs is 1. The number of aromatic nitrogens is 4. The first-order valence-electron chi connectivity index (χ1n) is 7.57. The van der Waals surface area contributed by atoms with Gasteiger partial charge in [0.1, 0.15) is 17.1 Å². The van der Waals surface area contributed by atoms with Crippen molar-refractivity contribution in [1.82, 2.24) is 19.4 Å². The summed E-state index contributed by atoms with van der Waals surface area (Å²) in [6.07, 6.45) is 8.14. The standard InChI is InChI=1S/C17H12ClN5O2S/c1-10-9-26-17(21-10)22-16(24)14-5-13(8-23-3-2-20-15(14)23)25-12-4-11(18)6-19-7-12/h2-9H,1H3,(H,21,22,24). The van der Waals surface area contributed by atoms with Gasteiger partial charge in [-0.1, -0.05) is 11.6 Å². The Morgan fingerprint density at radius 3 is 2.96 bits per heavy atom. The van der Waals surface area contributed by atoms with E-state index in [0.717, 1.165) is 5.69 Å². The molecule has 0 aliphatic carbocycles. The second-order valence-electron chi connectivity index (χ2n) is 5.44. The minimum absolute atomic E-state index is 0.315. The zero-order valence-corrected chi connectivity index (χ0v) is 15.1. The zero-order valence-electron chi connectivity index (χ0n) is 13.5. The molecule has 0 unspecified atom stereocenters. The molecular formula is C17H12ClN5O2S. The van der Waals surface area contributed by atoms with Crippen LogP contribution in [0.4, 0.5) is 5.13 Å². The molecule has 130 valence electrons. The molecule has 1 amide bonds. The van der Waals surface area contributed by atoms with Crippen molar-refractivity contribution in [3.63, 3.8) is 0 Å². The molecule has 4 heterocycles. The summed E-state index contributed by atoms with van der Waals surface area (Å²) in [5.74, 6) is 0.615. The first-order chi connectivity index (χ1) is 12.6. The number of anilines is 1. The minimum Gasteiger partial charge on any atom is -0.454 e. The van der Waals surface area contributed by atoms with E-state index in [2.05, 4.69) is 20.3 Å². The molecule has 9 heteroatoms. The maximum atomic E-state index is 12.7. The average molecular weight is 386 g/mol. The molecule has 0 saturated heterocycles. The third-order valence-corrected chi connectivity index (χ3v) is 4.54. The highest BCUT2D eigenvalue weighted by molar-refractivity contribution is 7.13. The topological polar surface area (TPSA) is 81.4 Å².